The number of thiophene rings is 1. The van der Waals surface area contributed by atoms with Crippen molar-refractivity contribution in [3.05, 3.63) is 32.4 Å². The minimum Gasteiger partial charge on any atom is -0.370 e. The number of carbonyl (C=O) groups is 1. The maximum Gasteiger partial charge on any atom is 0.259 e. The van der Waals surface area contributed by atoms with Gasteiger partial charge in [0.05, 0.1) is 10.6 Å². The average molecular weight is 459 g/mol. The number of hydrogen-bond donors (Lipinski definition) is 2. The number of aromatic amines is 1. The number of amides is 1. The molecule has 3 heterocycles. The van der Waals surface area contributed by atoms with Gasteiger partial charge >= 0.3 is 0 Å². The smallest absolute Gasteiger partial charge is 0.259 e. The summed E-state index contributed by atoms with van der Waals surface area (Å²) < 4.78 is 2.01. The van der Waals surface area contributed by atoms with Crippen LogP contribution in [0.5, 0.6) is 0 Å². The molecule has 2 aliphatic rings. The lowest BCUT2D eigenvalue weighted by atomic mass is 9.89. The molecule has 3 aromatic rings. The first-order chi connectivity index (χ1) is 14.9. The monoisotopic (exact) mass is 458 g/mol. The van der Waals surface area contributed by atoms with Gasteiger partial charge in [0.15, 0.2) is 5.16 Å². The van der Waals surface area contributed by atoms with Crippen LogP contribution in [0.3, 0.4) is 0 Å². The van der Waals surface area contributed by atoms with E-state index in [4.69, 9.17) is 10.7 Å². The van der Waals surface area contributed by atoms with Crippen molar-refractivity contribution in [1.29, 1.82) is 0 Å². The molecule has 0 radical (unpaired) electrons. The third-order valence-corrected chi connectivity index (χ3v) is 8.36. The number of nitrogens with zero attached hydrogens (tertiary/aromatic N) is 4. The minimum absolute atomic E-state index is 0.0478. The van der Waals surface area contributed by atoms with Gasteiger partial charge in [-0.15, -0.1) is 21.5 Å². The van der Waals surface area contributed by atoms with Crippen LogP contribution >= 0.6 is 23.1 Å². The molecular formula is C21H26N6O2S2. The van der Waals surface area contributed by atoms with E-state index in [1.807, 2.05) is 11.5 Å². The maximum absolute atomic E-state index is 12.9. The molecule has 8 nitrogen and oxygen atoms in total. The zero-order valence-corrected chi connectivity index (χ0v) is 19.3. The first kappa shape index (κ1) is 20.7. The summed E-state index contributed by atoms with van der Waals surface area (Å²) in [4.78, 5) is 34.2. The van der Waals surface area contributed by atoms with Gasteiger partial charge < -0.3 is 15.3 Å². The normalized spacial score (nSPS) is 19.5. The Kier molecular flexibility index (Phi) is 5.37. The van der Waals surface area contributed by atoms with Crippen molar-refractivity contribution in [3.63, 3.8) is 0 Å². The third kappa shape index (κ3) is 4.03. The number of rotatable bonds is 7. The molecule has 10 heteroatoms. The Hall–Kier alpha value is -2.20. The molecule has 0 aromatic carbocycles. The molecule has 0 spiro atoms. The highest BCUT2D eigenvalue weighted by atomic mass is 32.2. The van der Waals surface area contributed by atoms with E-state index in [9.17, 15) is 9.59 Å². The second kappa shape index (κ2) is 8.05. The standard InChI is InChI=1S/C21H26N6O2S2/c1-10-3-6-13-14(9-10)31-20-16(13)19(29)23-17(24-20)11(2)30-21-26-25-18(12-4-5-12)27(21)8-7-15(22)28/h10-12H,3-9H2,1-2H3,(H2,22,28)(H,23,24,29). The van der Waals surface area contributed by atoms with Crippen LogP contribution in [0.1, 0.15) is 72.8 Å². The van der Waals surface area contributed by atoms with E-state index in [0.29, 0.717) is 24.2 Å². The highest BCUT2D eigenvalue weighted by Crippen LogP contribution is 2.42. The number of thioether (sulfide) groups is 1. The van der Waals surface area contributed by atoms with Crippen LogP contribution < -0.4 is 11.3 Å². The summed E-state index contributed by atoms with van der Waals surface area (Å²) in [5, 5.41) is 10.1. The average Bonchev–Trinajstić information content (AvgIpc) is 3.38. The lowest BCUT2D eigenvalue weighted by Gasteiger charge is -2.17. The van der Waals surface area contributed by atoms with E-state index in [0.717, 1.165) is 53.3 Å². The highest BCUT2D eigenvalue weighted by molar-refractivity contribution is 7.99. The molecule has 2 aliphatic carbocycles. The van der Waals surface area contributed by atoms with E-state index < -0.39 is 0 Å². The fourth-order valence-electron chi connectivity index (χ4n) is 4.23. The predicted octanol–water partition coefficient (Wildman–Crippen LogP) is 3.31. The molecular weight excluding hydrogens is 432 g/mol. The van der Waals surface area contributed by atoms with Gasteiger partial charge in [-0.05, 0) is 50.5 Å². The van der Waals surface area contributed by atoms with Gasteiger partial charge in [0.2, 0.25) is 5.91 Å². The van der Waals surface area contributed by atoms with E-state index >= 15 is 0 Å². The van der Waals surface area contributed by atoms with Gasteiger partial charge in [0.25, 0.3) is 5.56 Å². The summed E-state index contributed by atoms with van der Waals surface area (Å²) in [5.41, 5.74) is 6.51. The van der Waals surface area contributed by atoms with Gasteiger partial charge in [-0.25, -0.2) is 4.98 Å². The molecule has 0 aliphatic heterocycles. The van der Waals surface area contributed by atoms with Crippen molar-refractivity contribution in [2.75, 3.05) is 0 Å². The molecule has 0 saturated heterocycles. The van der Waals surface area contributed by atoms with Gasteiger partial charge in [0.1, 0.15) is 16.5 Å². The van der Waals surface area contributed by atoms with Crippen molar-refractivity contribution in [3.8, 4) is 0 Å². The number of hydrogen-bond acceptors (Lipinski definition) is 7. The lowest BCUT2D eigenvalue weighted by molar-refractivity contribution is -0.118. The van der Waals surface area contributed by atoms with Gasteiger partial charge in [-0.1, -0.05) is 18.7 Å². The number of aryl methyl sites for hydroxylation is 1. The first-order valence-electron chi connectivity index (χ1n) is 10.8. The van der Waals surface area contributed by atoms with Crippen molar-refractivity contribution in [1.82, 2.24) is 24.7 Å². The van der Waals surface area contributed by atoms with Crippen molar-refractivity contribution in [2.45, 2.75) is 75.2 Å². The Bertz CT molecular complexity index is 1210. The zero-order chi connectivity index (χ0) is 21.7. The van der Waals surface area contributed by atoms with Crippen LogP contribution in [0.15, 0.2) is 9.95 Å². The Morgan fingerprint density at radius 3 is 2.90 bits per heavy atom. The molecule has 5 rings (SSSR count). The molecule has 164 valence electrons. The zero-order valence-electron chi connectivity index (χ0n) is 17.7. The number of primary amides is 1. The number of carbonyl (C=O) groups excluding carboxylic acids is 1. The quantitative estimate of drug-likeness (QED) is 0.524. The molecule has 1 amide bonds. The van der Waals surface area contributed by atoms with Crippen LogP contribution in [0.25, 0.3) is 10.2 Å². The van der Waals surface area contributed by atoms with Crippen molar-refractivity contribution in [2.24, 2.45) is 11.7 Å². The van der Waals surface area contributed by atoms with Crippen LogP contribution in [0.2, 0.25) is 0 Å². The minimum atomic E-state index is -0.341. The molecule has 0 bridgehead atoms. The van der Waals surface area contributed by atoms with Gasteiger partial charge in [-0.2, -0.15) is 0 Å². The number of aromatic nitrogens is 5. The third-order valence-electron chi connectivity index (χ3n) is 6.12. The Morgan fingerprint density at radius 1 is 1.35 bits per heavy atom. The van der Waals surface area contributed by atoms with Crippen molar-refractivity contribution >= 4 is 39.2 Å². The topological polar surface area (TPSA) is 120 Å². The predicted molar refractivity (Wildman–Crippen MR) is 122 cm³/mol. The summed E-state index contributed by atoms with van der Waals surface area (Å²) in [6.07, 6.45) is 5.56. The van der Waals surface area contributed by atoms with Gasteiger partial charge in [0, 0.05) is 23.8 Å². The molecule has 3 aromatic heterocycles. The van der Waals surface area contributed by atoms with Crippen LogP contribution in [0.4, 0.5) is 0 Å². The fraction of sp³-hybridized carbons (Fsp3) is 0.571. The second-order valence-corrected chi connectivity index (χ2v) is 11.1. The maximum atomic E-state index is 12.9. The number of H-pyrrole nitrogens is 1. The molecule has 1 fully saturated rings. The Labute approximate surface area is 188 Å². The van der Waals surface area contributed by atoms with Crippen LogP contribution in [-0.4, -0.2) is 30.6 Å². The first-order valence-corrected chi connectivity index (χ1v) is 12.5. The summed E-state index contributed by atoms with van der Waals surface area (Å²) in [7, 11) is 0. The number of nitrogens with two attached hydrogens (primary N) is 1. The number of nitrogens with one attached hydrogen (secondary N) is 1. The van der Waals surface area contributed by atoms with Crippen LogP contribution in [-0.2, 0) is 24.2 Å². The van der Waals surface area contributed by atoms with Crippen LogP contribution in [0, 0.1) is 5.92 Å². The molecule has 1 saturated carbocycles. The van der Waals surface area contributed by atoms with E-state index in [1.165, 1.54) is 22.2 Å². The summed E-state index contributed by atoms with van der Waals surface area (Å²) in [6, 6.07) is 0. The lowest BCUT2D eigenvalue weighted by Crippen LogP contribution is -2.16. The highest BCUT2D eigenvalue weighted by Gasteiger charge is 2.31. The summed E-state index contributed by atoms with van der Waals surface area (Å²) >= 11 is 3.16. The SMILES string of the molecule is CC1CCc2c(sc3nc(C(C)Sc4nnc(C5CC5)n4CCC(N)=O)[nH]c(=O)c23)C1. The Balaban J connectivity index is 1.44. The second-order valence-electron chi connectivity index (χ2n) is 8.73. The molecule has 31 heavy (non-hydrogen) atoms. The van der Waals surface area contributed by atoms with Gasteiger partial charge in [-0.3, -0.25) is 9.59 Å². The molecule has 2 unspecified atom stereocenters. The van der Waals surface area contributed by atoms with Crippen molar-refractivity contribution < 1.29 is 4.79 Å². The van der Waals surface area contributed by atoms with E-state index in [-0.39, 0.29) is 23.1 Å². The summed E-state index contributed by atoms with van der Waals surface area (Å²) in [6.45, 7) is 4.75. The molecule has 2 atom stereocenters. The van der Waals surface area contributed by atoms with E-state index in [1.54, 1.807) is 11.3 Å². The molecule has 3 N–H and O–H groups in total. The summed E-state index contributed by atoms with van der Waals surface area (Å²) in [5.74, 6) is 2.30. The number of fused-ring (bicyclic) bond motifs is 3. The largest absolute Gasteiger partial charge is 0.370 e. The van der Waals surface area contributed by atoms with E-state index in [2.05, 4.69) is 22.1 Å². The fourth-order valence-corrected chi connectivity index (χ4v) is 6.56. The Morgan fingerprint density at radius 2 is 2.16 bits per heavy atom.